The fourth-order valence-electron chi connectivity index (χ4n) is 1.45. The van der Waals surface area contributed by atoms with Gasteiger partial charge in [-0.2, -0.15) is 0 Å². The van der Waals surface area contributed by atoms with Crippen molar-refractivity contribution in [1.82, 2.24) is 0 Å². The molecule has 0 aliphatic rings. The Bertz CT molecular complexity index is 175. The number of hydrogen-bond acceptors (Lipinski definition) is 2. The van der Waals surface area contributed by atoms with E-state index in [0.717, 1.165) is 18.7 Å². The molecule has 0 heterocycles. The van der Waals surface area contributed by atoms with Crippen molar-refractivity contribution in [1.29, 1.82) is 0 Å². The molecule has 0 aromatic heterocycles. The van der Waals surface area contributed by atoms with Gasteiger partial charge in [-0.05, 0) is 40.5 Å². The summed E-state index contributed by atoms with van der Waals surface area (Å²) in [6.07, 6.45) is 5.88. The highest BCUT2D eigenvalue weighted by molar-refractivity contribution is 6.17. The Hall–Kier alpha value is 0.210. The maximum Gasteiger partial charge on any atom is 0.0648 e. The molecule has 0 bridgehead atoms. The average molecular weight is 250 g/mol. The Morgan fingerprint density at radius 1 is 1.00 bits per heavy atom. The fourth-order valence-corrected chi connectivity index (χ4v) is 1.64. The molecule has 0 atom stereocenters. The number of alkyl halides is 1. The zero-order chi connectivity index (χ0) is 12.7. The molecular weight excluding hydrogens is 222 g/mol. The number of unbranched alkanes of at least 4 members (excludes halogenated alkanes) is 3. The van der Waals surface area contributed by atoms with Crippen LogP contribution in [0.2, 0.25) is 0 Å². The van der Waals surface area contributed by atoms with Gasteiger partial charge in [-0.15, -0.1) is 11.6 Å². The Morgan fingerprint density at radius 3 is 2.06 bits per heavy atom. The summed E-state index contributed by atoms with van der Waals surface area (Å²) >= 11 is 5.63. The topological polar surface area (TPSA) is 35.2 Å². The number of ether oxygens (including phenoxy) is 1. The molecule has 16 heavy (non-hydrogen) atoms. The molecule has 0 radical (unpaired) electrons. The van der Waals surface area contributed by atoms with Gasteiger partial charge in [0, 0.05) is 11.4 Å². The van der Waals surface area contributed by atoms with Crippen LogP contribution in [0.1, 0.15) is 59.8 Å². The first-order valence-electron chi connectivity index (χ1n) is 6.26. The summed E-state index contributed by atoms with van der Waals surface area (Å²) in [6, 6.07) is 0. The molecule has 2 nitrogen and oxygen atoms in total. The Labute approximate surface area is 106 Å². The Morgan fingerprint density at radius 2 is 1.56 bits per heavy atom. The van der Waals surface area contributed by atoms with E-state index in [-0.39, 0.29) is 11.1 Å². The molecule has 0 spiro atoms. The highest BCUT2D eigenvalue weighted by Gasteiger charge is 2.21. The van der Waals surface area contributed by atoms with Crippen LogP contribution in [0.15, 0.2) is 0 Å². The number of rotatable bonds is 9. The number of hydrogen-bond donors (Lipinski definition) is 1. The minimum Gasteiger partial charge on any atom is -0.374 e. The lowest BCUT2D eigenvalue weighted by molar-refractivity contribution is -0.0428. The standard InChI is InChI=1S/C13H28ClNO/c1-12(2,15)11-16-13(3,4)9-7-5-6-8-10-14/h5-11,15H2,1-4H3. The molecule has 0 aliphatic carbocycles. The largest absolute Gasteiger partial charge is 0.374 e. The molecule has 0 aromatic carbocycles. The van der Waals surface area contributed by atoms with E-state index >= 15 is 0 Å². The molecule has 0 saturated heterocycles. The lowest BCUT2D eigenvalue weighted by Crippen LogP contribution is -2.41. The number of nitrogens with two attached hydrogens (primary N) is 1. The molecule has 0 rings (SSSR count). The summed E-state index contributed by atoms with van der Waals surface area (Å²) in [5.41, 5.74) is 5.60. The first-order valence-corrected chi connectivity index (χ1v) is 6.79. The Kier molecular flexibility index (Phi) is 7.62. The van der Waals surface area contributed by atoms with Gasteiger partial charge in [0.05, 0.1) is 12.2 Å². The van der Waals surface area contributed by atoms with E-state index < -0.39 is 0 Å². The van der Waals surface area contributed by atoms with Crippen LogP contribution in [-0.4, -0.2) is 23.6 Å². The van der Waals surface area contributed by atoms with Crippen molar-refractivity contribution >= 4 is 11.6 Å². The summed E-state index contributed by atoms with van der Waals surface area (Å²) in [5.74, 6) is 0.779. The molecule has 0 aliphatic heterocycles. The zero-order valence-corrected chi connectivity index (χ0v) is 12.1. The molecule has 98 valence electrons. The van der Waals surface area contributed by atoms with E-state index in [1.165, 1.54) is 19.3 Å². The molecule has 3 heteroatoms. The minimum absolute atomic E-state index is 0.0579. The lowest BCUT2D eigenvalue weighted by atomic mass is 9.99. The van der Waals surface area contributed by atoms with Crippen LogP contribution in [0.5, 0.6) is 0 Å². The van der Waals surface area contributed by atoms with Crippen LogP contribution in [0.4, 0.5) is 0 Å². The van der Waals surface area contributed by atoms with Crippen LogP contribution in [0.3, 0.4) is 0 Å². The number of halogens is 1. The van der Waals surface area contributed by atoms with Gasteiger partial charge >= 0.3 is 0 Å². The van der Waals surface area contributed by atoms with Crippen LogP contribution in [0, 0.1) is 0 Å². The maximum absolute atomic E-state index is 5.90. The SMILES string of the molecule is CC(C)(N)COC(C)(C)CCCCCCCl. The van der Waals surface area contributed by atoms with Gasteiger partial charge in [0.1, 0.15) is 0 Å². The van der Waals surface area contributed by atoms with E-state index in [1.807, 2.05) is 13.8 Å². The van der Waals surface area contributed by atoms with E-state index in [0.29, 0.717) is 6.61 Å². The second kappa shape index (κ2) is 7.52. The summed E-state index contributed by atoms with van der Waals surface area (Å²) in [5, 5.41) is 0. The van der Waals surface area contributed by atoms with Crippen molar-refractivity contribution in [2.24, 2.45) is 5.73 Å². The van der Waals surface area contributed by atoms with Crippen molar-refractivity contribution in [3.8, 4) is 0 Å². The van der Waals surface area contributed by atoms with Crippen LogP contribution in [-0.2, 0) is 4.74 Å². The third-order valence-electron chi connectivity index (χ3n) is 2.50. The van der Waals surface area contributed by atoms with Gasteiger partial charge in [-0.25, -0.2) is 0 Å². The predicted molar refractivity (Wildman–Crippen MR) is 72.1 cm³/mol. The van der Waals surface area contributed by atoms with E-state index in [9.17, 15) is 0 Å². The highest BCUT2D eigenvalue weighted by atomic mass is 35.5. The quantitative estimate of drug-likeness (QED) is 0.500. The van der Waals surface area contributed by atoms with Crippen molar-refractivity contribution < 1.29 is 4.74 Å². The summed E-state index contributed by atoms with van der Waals surface area (Å²) in [6.45, 7) is 8.87. The van der Waals surface area contributed by atoms with E-state index in [1.54, 1.807) is 0 Å². The lowest BCUT2D eigenvalue weighted by Gasteiger charge is -2.29. The van der Waals surface area contributed by atoms with E-state index in [4.69, 9.17) is 22.1 Å². The monoisotopic (exact) mass is 249 g/mol. The van der Waals surface area contributed by atoms with E-state index in [2.05, 4.69) is 13.8 Å². The molecule has 0 fully saturated rings. The van der Waals surface area contributed by atoms with Gasteiger partial charge in [0.2, 0.25) is 0 Å². The average Bonchev–Trinajstić information content (AvgIpc) is 2.14. The minimum atomic E-state index is -0.240. The smallest absolute Gasteiger partial charge is 0.0648 e. The second-order valence-corrected chi connectivity index (χ2v) is 6.27. The molecule has 0 amide bonds. The summed E-state index contributed by atoms with van der Waals surface area (Å²) in [7, 11) is 0. The van der Waals surface area contributed by atoms with Gasteiger partial charge < -0.3 is 10.5 Å². The van der Waals surface area contributed by atoms with Crippen molar-refractivity contribution in [3.63, 3.8) is 0 Å². The summed E-state index contributed by atoms with van der Waals surface area (Å²) < 4.78 is 5.85. The van der Waals surface area contributed by atoms with Crippen LogP contribution >= 0.6 is 11.6 Å². The third kappa shape index (κ3) is 10.7. The van der Waals surface area contributed by atoms with Gasteiger partial charge in [-0.3, -0.25) is 0 Å². The van der Waals surface area contributed by atoms with Gasteiger partial charge in [-0.1, -0.05) is 19.3 Å². The predicted octanol–water partition coefficient (Wildman–Crippen LogP) is 3.71. The first kappa shape index (κ1) is 16.2. The van der Waals surface area contributed by atoms with Gasteiger partial charge in [0.25, 0.3) is 0 Å². The van der Waals surface area contributed by atoms with Crippen molar-refractivity contribution in [2.75, 3.05) is 12.5 Å². The van der Waals surface area contributed by atoms with Crippen molar-refractivity contribution in [2.45, 2.75) is 70.9 Å². The Balaban J connectivity index is 3.62. The molecule has 0 saturated carbocycles. The maximum atomic E-state index is 5.90. The van der Waals surface area contributed by atoms with Crippen molar-refractivity contribution in [3.05, 3.63) is 0 Å². The van der Waals surface area contributed by atoms with Crippen LogP contribution < -0.4 is 5.73 Å². The molecular formula is C13H28ClNO. The third-order valence-corrected chi connectivity index (χ3v) is 2.76. The summed E-state index contributed by atoms with van der Waals surface area (Å²) in [4.78, 5) is 0. The highest BCUT2D eigenvalue weighted by Crippen LogP contribution is 2.20. The molecule has 2 N–H and O–H groups in total. The normalized spacial score (nSPS) is 13.1. The first-order chi connectivity index (χ1) is 7.27. The zero-order valence-electron chi connectivity index (χ0n) is 11.3. The van der Waals surface area contributed by atoms with Crippen LogP contribution in [0.25, 0.3) is 0 Å². The molecule has 0 unspecified atom stereocenters. The van der Waals surface area contributed by atoms with Gasteiger partial charge in [0.15, 0.2) is 0 Å². The molecule has 0 aromatic rings. The second-order valence-electron chi connectivity index (χ2n) is 5.89. The fraction of sp³-hybridized carbons (Fsp3) is 1.00.